The summed E-state index contributed by atoms with van der Waals surface area (Å²) in [6.45, 7) is 54.8. The van der Waals surface area contributed by atoms with Crippen molar-refractivity contribution in [2.75, 3.05) is 26.5 Å². The number of thiazole rings is 1. The Morgan fingerprint density at radius 3 is 1.16 bits per heavy atom. The van der Waals surface area contributed by atoms with Gasteiger partial charge >= 0.3 is 11.8 Å². The Hall–Kier alpha value is -8.43. The first-order chi connectivity index (χ1) is 47.0. The molecule has 8 aromatic rings. The Morgan fingerprint density at radius 2 is 1.02 bits per heavy atom. The van der Waals surface area contributed by atoms with Crippen LogP contribution in [0.25, 0.3) is 0 Å². The molecule has 12 heterocycles. The van der Waals surface area contributed by atoms with Crippen molar-refractivity contribution in [3.05, 3.63) is 205 Å². The van der Waals surface area contributed by atoms with Crippen LogP contribution in [-0.2, 0) is 24.0 Å². The number of carbonyl (C=O) groups excluding carboxylic acids is 1. The summed E-state index contributed by atoms with van der Waals surface area (Å²) in [5, 5.41) is 24.9. The maximum absolute atomic E-state index is 10.3. The normalized spacial score (nSPS) is 10.3. The quantitative estimate of drug-likeness (QED) is 0.0694. The van der Waals surface area contributed by atoms with E-state index in [9.17, 15) is 18.0 Å². The molecule has 1 aliphatic carbocycles. The van der Waals surface area contributed by atoms with E-state index in [4.69, 9.17) is 4.74 Å². The number of hydrogen-bond acceptors (Lipinski definition) is 19. The predicted molar refractivity (Wildman–Crippen MR) is 407 cm³/mol. The molecule has 0 bridgehead atoms. The van der Waals surface area contributed by atoms with Crippen LogP contribution in [0.1, 0.15) is 206 Å². The lowest BCUT2D eigenvalue weighted by molar-refractivity contribution is 0.0920. The summed E-state index contributed by atoms with van der Waals surface area (Å²) in [6, 6.07) is 5.68. The Bertz CT molecular complexity index is 1940. The first kappa shape index (κ1) is 117. The number of sulfone groups is 1. The Morgan fingerprint density at radius 1 is 0.484 bits per heavy atom. The number of hydrogen-bond donors (Lipinski definition) is 7. The van der Waals surface area contributed by atoms with E-state index in [1.54, 1.807) is 91.4 Å². The average molecular weight is 1400 g/mol. The fourth-order valence-electron chi connectivity index (χ4n) is 3.49. The Labute approximate surface area is 584 Å². The third-order valence-electron chi connectivity index (χ3n) is 6.29. The van der Waals surface area contributed by atoms with Gasteiger partial charge in [0, 0.05) is 85.3 Å². The van der Waals surface area contributed by atoms with Crippen LogP contribution < -0.4 is 16.4 Å². The lowest BCUT2D eigenvalue weighted by Gasteiger charge is -1.82. The third-order valence-corrected chi connectivity index (χ3v) is 8.32. The van der Waals surface area contributed by atoms with Crippen LogP contribution in [0.15, 0.2) is 209 Å². The van der Waals surface area contributed by atoms with Crippen molar-refractivity contribution in [3.8, 4) is 0 Å². The van der Waals surface area contributed by atoms with E-state index in [-0.39, 0.29) is 6.03 Å². The van der Waals surface area contributed by atoms with Crippen molar-refractivity contribution in [2.45, 2.75) is 206 Å². The van der Waals surface area contributed by atoms with Gasteiger partial charge in [0.15, 0.2) is 16.2 Å². The maximum atomic E-state index is 10.3. The zero-order valence-electron chi connectivity index (χ0n) is 63.1. The van der Waals surface area contributed by atoms with E-state index in [0.717, 1.165) is 36.9 Å². The van der Waals surface area contributed by atoms with Crippen LogP contribution in [0, 0.1) is 0 Å². The maximum Gasteiger partial charge on any atom is 0.416 e. The topological polar surface area (TPSA) is 328 Å². The van der Waals surface area contributed by atoms with E-state index in [2.05, 4.69) is 105 Å². The minimum absolute atomic E-state index is 0.0463. The zero-order chi connectivity index (χ0) is 75.5. The third kappa shape index (κ3) is 143. The molecule has 13 rings (SSSR count). The van der Waals surface area contributed by atoms with Crippen LogP contribution in [0.3, 0.4) is 0 Å². The van der Waals surface area contributed by atoms with Gasteiger partial charge in [0.2, 0.25) is 6.79 Å². The fourth-order valence-corrected chi connectivity index (χ4v) is 4.82. The van der Waals surface area contributed by atoms with Gasteiger partial charge in [0.1, 0.15) is 25.1 Å². The number of aromatic amines is 5. The van der Waals surface area contributed by atoms with Gasteiger partial charge in [-0.25, -0.2) is 28.0 Å². The predicted octanol–water partition coefficient (Wildman–Crippen LogP) is 20.2. The van der Waals surface area contributed by atoms with E-state index < -0.39 is 15.6 Å². The van der Waals surface area contributed by atoms with Crippen LogP contribution in [0.2, 0.25) is 0 Å². The van der Waals surface area contributed by atoms with Crippen molar-refractivity contribution in [2.24, 2.45) is 0 Å². The number of imidazole rings is 1. The van der Waals surface area contributed by atoms with Gasteiger partial charge in [0.25, 0.3) is 0 Å². The van der Waals surface area contributed by atoms with Crippen molar-refractivity contribution in [1.82, 2.24) is 74.9 Å². The van der Waals surface area contributed by atoms with Crippen LogP contribution in [0.5, 0.6) is 0 Å². The molecule has 5 aliphatic rings. The Balaban J connectivity index is -0.0000000678. The van der Waals surface area contributed by atoms with Gasteiger partial charge in [-0.1, -0.05) is 192 Å². The average Bonchev–Trinajstić information content (AvgIpc) is 2.21. The van der Waals surface area contributed by atoms with E-state index >= 15 is 0 Å². The molecule has 0 aromatic carbocycles. The van der Waals surface area contributed by atoms with Crippen LogP contribution in [0.4, 0.5) is 4.79 Å². The van der Waals surface area contributed by atoms with Crippen LogP contribution in [-0.4, -0.2) is 105 Å². The zero-order valence-corrected chi connectivity index (χ0v) is 65.6. The molecule has 0 spiro atoms. The van der Waals surface area contributed by atoms with E-state index in [0.29, 0.717) is 6.79 Å². The Kier molecular flexibility index (Phi) is 175. The second kappa shape index (κ2) is 142. The number of nitrogens with zero attached hydrogens (tertiary/aromatic N) is 8. The van der Waals surface area contributed by atoms with Crippen molar-refractivity contribution in [1.29, 1.82) is 0 Å². The van der Waals surface area contributed by atoms with Gasteiger partial charge in [0.05, 0.1) is 67.4 Å². The molecule has 95 heavy (non-hydrogen) atoms. The summed E-state index contributed by atoms with van der Waals surface area (Å²) in [5.74, 6) is -0.407. The van der Waals surface area contributed by atoms with Gasteiger partial charge < -0.3 is 43.6 Å². The smallest absolute Gasteiger partial charge is 0.416 e. The molecule has 0 radical (unpaired) electrons. The number of H-pyrrole nitrogens is 5. The van der Waals surface area contributed by atoms with Gasteiger partial charge in [-0.05, 0) is 55.7 Å². The molecule has 0 unspecified atom stereocenters. The summed E-state index contributed by atoms with van der Waals surface area (Å²) < 4.78 is 50.4. The number of rotatable bonds is 0. The number of oxazole rings is 2. The second-order valence-corrected chi connectivity index (χ2v) is 14.5. The molecule has 0 atom stereocenters. The first-order valence-electron chi connectivity index (χ1n) is 33.1. The minimum atomic E-state index is -2.91. The molecule has 4 aliphatic heterocycles. The minimum Gasteiger partial charge on any atom is -0.501 e. The summed E-state index contributed by atoms with van der Waals surface area (Å²) >= 11 is 2.81. The summed E-state index contributed by atoms with van der Waals surface area (Å²) in [6.07, 6.45) is 47.1. The van der Waals surface area contributed by atoms with Crippen molar-refractivity contribution < 1.29 is 36.3 Å². The molecule has 1 fully saturated rings. The number of ether oxygens (including phenoxy) is 3. The SMILES string of the molecule is C1=CCCC1.C1=COCC1.C1=COCO1.CC.CC.CC.CC.CC.CC.CC.CC.CC.CC.CC.CC.CC.O=C1NCCN1.O=S1(=O)C=CC=C1.O=c1[nH]cco1.c1c[nH]cn1.c1cc[nH]c1.c1cn[nH]c1.c1cn[nH]n1.c1cnsn1.c1cocn1.c1cscn1. The molecule has 2 amide bonds. The number of aromatic nitrogens is 13. The number of carbonyl (C=O) groups is 1. The van der Waals surface area contributed by atoms with E-state index in [1.807, 2.05) is 222 Å². The lowest BCUT2D eigenvalue weighted by atomic mass is 10.4. The second-order valence-electron chi connectivity index (χ2n) is 11.4. The highest BCUT2D eigenvalue weighted by Gasteiger charge is 2.03. The number of allylic oxidation sites excluding steroid dienone is 4. The molecule has 0 saturated carbocycles. The standard InChI is InChI=1S/C5H8.C4H5N.C4H4O2S.C4H6O.C3H6N2O.2C3H4N2.C3H3NO2.C3H3NO.C3H3NS.C3H4O2.C2H3N3.C2H2N2S.13C2H6/c2*1-2-4-5-3-1;5-7(6)3-1-2-4-7;1-2-4-5-3-1;6-3-4-1-2-5-3;1-2-5-3-4-1;1-2-4-5-3-1;5-3-4-1-2-6-3;3*1-2-5-3-4-1;2*1-2-4-5-3-1;13*1-2/h1-2H,3-5H2;1-5H;1-4H;1,3H,2,4H2;1-2H2,(H2,4,5,6);2*1-3H,(H,4,5);1-2H,(H,4,5);2*1-3H;1-2H,3H2;1-2H,(H,3,4,5);1-2H;13*1-2H3. The van der Waals surface area contributed by atoms with Gasteiger partial charge in [-0.3, -0.25) is 15.1 Å². The molecule has 8 aromatic heterocycles. The first-order valence-corrected chi connectivity index (χ1v) is 36.4. The van der Waals surface area contributed by atoms with Gasteiger partial charge in [-0.15, -0.1) is 11.3 Å². The van der Waals surface area contributed by atoms with Gasteiger partial charge in [-0.2, -0.15) is 29.3 Å². The molecule has 27 heteroatoms. The molecule has 552 valence electrons. The van der Waals surface area contributed by atoms with Crippen LogP contribution >= 0.6 is 23.1 Å². The summed E-state index contributed by atoms with van der Waals surface area (Å²) in [4.78, 5) is 38.7. The molecule has 24 nitrogen and oxygen atoms in total. The highest BCUT2D eigenvalue weighted by Crippen LogP contribution is 2.05. The number of amides is 2. The highest BCUT2D eigenvalue weighted by molar-refractivity contribution is 7.97. The number of urea groups is 1. The molecular formula is C68H133N15O9S3. The lowest BCUT2D eigenvalue weighted by Crippen LogP contribution is -2.20. The summed E-state index contributed by atoms with van der Waals surface area (Å²) in [7, 11) is -2.91. The molecule has 1 saturated heterocycles. The summed E-state index contributed by atoms with van der Waals surface area (Å²) in [5.41, 5.74) is 1.79. The fraction of sp³-hybridized carbons (Fsp3) is 0.500. The van der Waals surface area contributed by atoms with E-state index in [1.165, 1.54) is 80.8 Å². The van der Waals surface area contributed by atoms with Crippen molar-refractivity contribution >= 4 is 38.9 Å². The molecular weight excluding hydrogens is 1270 g/mol. The molecule has 7 N–H and O–H groups in total. The number of nitrogens with one attached hydrogen (secondary N) is 7. The highest BCUT2D eigenvalue weighted by atomic mass is 32.2. The monoisotopic (exact) mass is 1400 g/mol. The largest absolute Gasteiger partial charge is 0.501 e. The van der Waals surface area contributed by atoms with Crippen molar-refractivity contribution in [3.63, 3.8) is 0 Å².